The number of nitrogens with one attached hydrogen (secondary N) is 3. The largest absolute Gasteiger partial charge is 0.388 e. The molecule has 1 aliphatic rings. The van der Waals surface area contributed by atoms with Crippen LogP contribution < -0.4 is 21.5 Å². The van der Waals surface area contributed by atoms with E-state index < -0.39 is 18.1 Å². The summed E-state index contributed by atoms with van der Waals surface area (Å²) in [5.41, 5.74) is 0.742. The summed E-state index contributed by atoms with van der Waals surface area (Å²) >= 11 is 0. The smallest absolute Gasteiger partial charge is 0.274 e. The standard InChI is InChI=1S/C20H25N7O4/c1-11(2)26-6-4-5-13(20(26)30)23-16-7-17(21-3)27-18(25-16)12(8-22-27)19(29)24-14-9-31-10-15(14)28/h4-8,11,14-15,21,28H,9-10H2,1-3H3,(H,23,25)(H,24,29)/t14?,15-/m0/s1. The molecule has 3 aromatic heterocycles. The maximum Gasteiger partial charge on any atom is 0.274 e. The third-order valence-electron chi connectivity index (χ3n) is 5.13. The van der Waals surface area contributed by atoms with Crippen LogP contribution in [0.1, 0.15) is 30.2 Å². The van der Waals surface area contributed by atoms with Crippen molar-refractivity contribution in [2.24, 2.45) is 0 Å². The maximum atomic E-state index is 12.8. The Morgan fingerprint density at radius 3 is 2.84 bits per heavy atom. The molecule has 4 heterocycles. The van der Waals surface area contributed by atoms with E-state index in [-0.39, 0.29) is 30.4 Å². The van der Waals surface area contributed by atoms with E-state index in [1.165, 1.54) is 10.7 Å². The summed E-state index contributed by atoms with van der Waals surface area (Å²) < 4.78 is 8.30. The number of nitrogens with zero attached hydrogens (tertiary/aromatic N) is 4. The number of carbonyl (C=O) groups is 1. The fraction of sp³-hybridized carbons (Fsp3) is 0.400. The second-order valence-electron chi connectivity index (χ2n) is 7.61. The molecule has 1 aliphatic heterocycles. The fourth-order valence-electron chi connectivity index (χ4n) is 3.44. The van der Waals surface area contributed by atoms with Crippen molar-refractivity contribution in [1.29, 1.82) is 0 Å². The van der Waals surface area contributed by atoms with E-state index in [4.69, 9.17) is 4.74 Å². The van der Waals surface area contributed by atoms with Gasteiger partial charge in [-0.25, -0.2) is 4.98 Å². The third kappa shape index (κ3) is 3.97. The van der Waals surface area contributed by atoms with E-state index in [2.05, 4.69) is 26.0 Å². The van der Waals surface area contributed by atoms with Gasteiger partial charge in [0.05, 0.1) is 31.6 Å². The molecule has 11 nitrogen and oxygen atoms in total. The van der Waals surface area contributed by atoms with Crippen molar-refractivity contribution < 1.29 is 14.6 Å². The lowest BCUT2D eigenvalue weighted by Crippen LogP contribution is -2.42. The Kier molecular flexibility index (Phi) is 5.61. The van der Waals surface area contributed by atoms with Crippen molar-refractivity contribution in [3.05, 3.63) is 46.5 Å². The van der Waals surface area contributed by atoms with Crippen molar-refractivity contribution in [1.82, 2.24) is 24.5 Å². The zero-order valence-electron chi connectivity index (χ0n) is 17.5. The highest BCUT2D eigenvalue weighted by Crippen LogP contribution is 2.21. The Balaban J connectivity index is 1.70. The van der Waals surface area contributed by atoms with Gasteiger partial charge in [0, 0.05) is 25.4 Å². The molecule has 11 heteroatoms. The van der Waals surface area contributed by atoms with E-state index in [1.54, 1.807) is 36.0 Å². The molecule has 164 valence electrons. The number of pyridine rings is 1. The number of carbonyl (C=O) groups excluding carboxylic acids is 1. The molecule has 31 heavy (non-hydrogen) atoms. The Bertz CT molecular complexity index is 1170. The quantitative estimate of drug-likeness (QED) is 0.453. The number of ether oxygens (including phenoxy) is 1. The molecule has 0 spiro atoms. The molecule has 2 atom stereocenters. The first kappa shape index (κ1) is 20.8. The van der Waals surface area contributed by atoms with Crippen molar-refractivity contribution >= 4 is 28.9 Å². The minimum atomic E-state index is -0.759. The van der Waals surface area contributed by atoms with Gasteiger partial charge in [-0.2, -0.15) is 9.61 Å². The van der Waals surface area contributed by atoms with Crippen LogP contribution in [0.15, 0.2) is 35.4 Å². The number of aromatic nitrogens is 4. The molecule has 0 radical (unpaired) electrons. The van der Waals surface area contributed by atoms with Crippen LogP contribution in [-0.4, -0.2) is 62.6 Å². The van der Waals surface area contributed by atoms with Crippen LogP contribution in [0.3, 0.4) is 0 Å². The number of aliphatic hydroxyl groups excluding tert-OH is 1. The van der Waals surface area contributed by atoms with Crippen LogP contribution >= 0.6 is 0 Å². The molecule has 4 rings (SSSR count). The first-order valence-corrected chi connectivity index (χ1v) is 10.0. The number of aliphatic hydroxyl groups is 1. The number of amides is 1. The molecule has 0 aliphatic carbocycles. The monoisotopic (exact) mass is 427 g/mol. The fourth-order valence-corrected chi connectivity index (χ4v) is 3.44. The van der Waals surface area contributed by atoms with Gasteiger partial charge in [0.1, 0.15) is 22.9 Å². The molecule has 1 unspecified atom stereocenters. The van der Waals surface area contributed by atoms with Crippen LogP contribution in [0.5, 0.6) is 0 Å². The summed E-state index contributed by atoms with van der Waals surface area (Å²) in [5, 5.41) is 23.0. The van der Waals surface area contributed by atoms with E-state index in [0.717, 1.165) is 0 Å². The molecular weight excluding hydrogens is 402 g/mol. The average molecular weight is 427 g/mol. The first-order chi connectivity index (χ1) is 14.9. The van der Waals surface area contributed by atoms with E-state index in [1.807, 2.05) is 13.8 Å². The molecule has 1 saturated heterocycles. The number of hydrogen-bond donors (Lipinski definition) is 4. The van der Waals surface area contributed by atoms with Crippen LogP contribution in [0, 0.1) is 0 Å². The zero-order valence-corrected chi connectivity index (χ0v) is 17.5. The van der Waals surface area contributed by atoms with Gasteiger partial charge in [-0.3, -0.25) is 9.59 Å². The zero-order chi connectivity index (χ0) is 22.1. The minimum absolute atomic E-state index is 0.0117. The maximum absolute atomic E-state index is 12.8. The second kappa shape index (κ2) is 8.36. The summed E-state index contributed by atoms with van der Waals surface area (Å²) in [5.74, 6) is 0.545. The molecule has 0 aromatic carbocycles. The molecule has 1 fully saturated rings. The van der Waals surface area contributed by atoms with Crippen molar-refractivity contribution in [2.75, 3.05) is 30.9 Å². The normalized spacial score (nSPS) is 18.5. The number of fused-ring (bicyclic) bond motifs is 1. The van der Waals surface area contributed by atoms with E-state index in [9.17, 15) is 14.7 Å². The lowest BCUT2D eigenvalue weighted by atomic mass is 10.2. The molecule has 1 amide bonds. The van der Waals surface area contributed by atoms with Gasteiger partial charge in [0.25, 0.3) is 11.5 Å². The molecule has 0 saturated carbocycles. The van der Waals surface area contributed by atoms with Crippen LogP contribution in [-0.2, 0) is 4.74 Å². The van der Waals surface area contributed by atoms with Gasteiger partial charge in [-0.15, -0.1) is 0 Å². The van der Waals surface area contributed by atoms with Crippen molar-refractivity contribution in [2.45, 2.75) is 32.0 Å². The average Bonchev–Trinajstić information content (AvgIpc) is 3.35. The van der Waals surface area contributed by atoms with Gasteiger partial charge < -0.3 is 30.4 Å². The van der Waals surface area contributed by atoms with E-state index in [0.29, 0.717) is 23.0 Å². The first-order valence-electron chi connectivity index (χ1n) is 10.0. The predicted octanol–water partition coefficient (Wildman–Crippen LogP) is 0.747. The summed E-state index contributed by atoms with van der Waals surface area (Å²) in [6.45, 7) is 4.28. The summed E-state index contributed by atoms with van der Waals surface area (Å²) in [4.78, 5) is 30.0. The molecule has 3 aromatic rings. The summed E-state index contributed by atoms with van der Waals surface area (Å²) in [7, 11) is 1.72. The third-order valence-corrected chi connectivity index (χ3v) is 5.13. The Labute approximate surface area is 178 Å². The Morgan fingerprint density at radius 1 is 1.35 bits per heavy atom. The number of hydrogen-bond acceptors (Lipinski definition) is 8. The molecule has 0 bridgehead atoms. The van der Waals surface area contributed by atoms with Crippen molar-refractivity contribution in [3.63, 3.8) is 0 Å². The highest BCUT2D eigenvalue weighted by atomic mass is 16.5. The van der Waals surface area contributed by atoms with Crippen LogP contribution in [0.2, 0.25) is 0 Å². The van der Waals surface area contributed by atoms with Gasteiger partial charge in [-0.05, 0) is 26.0 Å². The lowest BCUT2D eigenvalue weighted by molar-refractivity contribution is 0.0888. The van der Waals surface area contributed by atoms with Gasteiger partial charge in [-0.1, -0.05) is 0 Å². The van der Waals surface area contributed by atoms with Gasteiger partial charge >= 0.3 is 0 Å². The minimum Gasteiger partial charge on any atom is -0.388 e. The van der Waals surface area contributed by atoms with Crippen molar-refractivity contribution in [3.8, 4) is 0 Å². The summed E-state index contributed by atoms with van der Waals surface area (Å²) in [6, 6.07) is 4.68. The Hall–Kier alpha value is -3.44. The van der Waals surface area contributed by atoms with Gasteiger partial charge in [0.2, 0.25) is 0 Å². The highest BCUT2D eigenvalue weighted by Gasteiger charge is 2.29. The number of anilines is 3. The SMILES string of the molecule is CNc1cc(Nc2cccn(C(C)C)c2=O)nc2c(C(=O)NC3COC[C@@H]3O)cnn12. The van der Waals surface area contributed by atoms with Gasteiger partial charge in [0.15, 0.2) is 5.65 Å². The second-order valence-corrected chi connectivity index (χ2v) is 7.61. The molecule has 4 N–H and O–H groups in total. The topological polar surface area (TPSA) is 135 Å². The summed E-state index contributed by atoms with van der Waals surface area (Å²) in [6.07, 6.45) is 2.39. The lowest BCUT2D eigenvalue weighted by Gasteiger charge is -2.14. The predicted molar refractivity (Wildman–Crippen MR) is 115 cm³/mol. The van der Waals surface area contributed by atoms with Crippen LogP contribution in [0.4, 0.5) is 17.3 Å². The Morgan fingerprint density at radius 2 is 2.16 bits per heavy atom. The van der Waals surface area contributed by atoms with Crippen LogP contribution in [0.25, 0.3) is 5.65 Å². The highest BCUT2D eigenvalue weighted by molar-refractivity contribution is 6.00. The van der Waals surface area contributed by atoms with E-state index >= 15 is 0 Å². The number of rotatable bonds is 6. The molecular formula is C20H25N7O4.